The minimum Gasteiger partial charge on any atom is -0.288 e. The zero-order chi connectivity index (χ0) is 10.7. The van der Waals surface area contributed by atoms with Gasteiger partial charge in [0.15, 0.2) is 0 Å². The Morgan fingerprint density at radius 1 is 1.21 bits per heavy atom. The molecule has 2 atom stereocenters. The van der Waals surface area contributed by atoms with E-state index in [0.717, 1.165) is 6.42 Å². The molecular formula is C9H15N3O2. The van der Waals surface area contributed by atoms with Crippen molar-refractivity contribution >= 4 is 17.8 Å². The van der Waals surface area contributed by atoms with Crippen LogP contribution in [-0.4, -0.2) is 23.8 Å². The number of carbonyl (C=O) groups excluding carboxylic acids is 2. The number of nitrogens with one attached hydrogen (secondary N) is 2. The van der Waals surface area contributed by atoms with E-state index in [1.807, 2.05) is 6.92 Å². The fraction of sp³-hybridized carbons (Fsp3) is 0.667. The molecule has 1 saturated heterocycles. The molecule has 78 valence electrons. The Balaban J connectivity index is 2.62. The molecule has 0 bridgehead atoms. The van der Waals surface area contributed by atoms with Gasteiger partial charge in [-0.1, -0.05) is 20.3 Å². The van der Waals surface area contributed by atoms with E-state index in [4.69, 9.17) is 0 Å². The van der Waals surface area contributed by atoms with Crippen molar-refractivity contribution in [3.05, 3.63) is 0 Å². The molecule has 1 fully saturated rings. The van der Waals surface area contributed by atoms with Gasteiger partial charge in [0.05, 0.1) is 6.04 Å². The average Bonchev–Trinajstić information content (AvgIpc) is 2.44. The van der Waals surface area contributed by atoms with Crippen molar-refractivity contribution in [3.63, 3.8) is 0 Å². The maximum Gasteiger partial charge on any atom is 0.316 e. The lowest BCUT2D eigenvalue weighted by atomic mass is 10.0. The number of rotatable bonds is 3. The largest absolute Gasteiger partial charge is 0.316 e. The first-order valence-electron chi connectivity index (χ1n) is 4.74. The number of nitrogens with zero attached hydrogens (tertiary/aromatic N) is 1. The highest BCUT2D eigenvalue weighted by Gasteiger charge is 2.25. The summed E-state index contributed by atoms with van der Waals surface area (Å²) < 4.78 is 0. The zero-order valence-corrected chi connectivity index (χ0v) is 8.63. The Labute approximate surface area is 83.0 Å². The van der Waals surface area contributed by atoms with E-state index < -0.39 is 11.8 Å². The molecule has 1 rings (SSSR count). The number of guanidine groups is 1. The quantitative estimate of drug-likeness (QED) is 0.626. The zero-order valence-electron chi connectivity index (χ0n) is 8.63. The van der Waals surface area contributed by atoms with Crippen molar-refractivity contribution in [2.24, 2.45) is 10.9 Å². The average molecular weight is 197 g/mol. The Hall–Kier alpha value is -1.39. The van der Waals surface area contributed by atoms with Crippen LogP contribution in [-0.2, 0) is 9.59 Å². The van der Waals surface area contributed by atoms with E-state index in [2.05, 4.69) is 29.5 Å². The summed E-state index contributed by atoms with van der Waals surface area (Å²) in [5.41, 5.74) is 0. The van der Waals surface area contributed by atoms with Crippen LogP contribution in [0.1, 0.15) is 27.2 Å². The Bertz CT molecular complexity index is 268. The Kier molecular flexibility index (Phi) is 3.22. The highest BCUT2D eigenvalue weighted by atomic mass is 16.2. The maximum atomic E-state index is 10.8. The number of hydrogen-bond donors (Lipinski definition) is 2. The van der Waals surface area contributed by atoms with Crippen molar-refractivity contribution < 1.29 is 9.59 Å². The van der Waals surface area contributed by atoms with Crippen LogP contribution in [0.4, 0.5) is 0 Å². The first kappa shape index (κ1) is 10.7. The Morgan fingerprint density at radius 2 is 1.71 bits per heavy atom. The van der Waals surface area contributed by atoms with Crippen LogP contribution in [0.25, 0.3) is 0 Å². The minimum absolute atomic E-state index is 0.0914. The third kappa shape index (κ3) is 2.31. The summed E-state index contributed by atoms with van der Waals surface area (Å²) in [5, 5.41) is 4.73. The van der Waals surface area contributed by atoms with Gasteiger partial charge < -0.3 is 0 Å². The van der Waals surface area contributed by atoms with Gasteiger partial charge in [-0.2, -0.15) is 0 Å². The molecule has 1 heterocycles. The molecule has 14 heavy (non-hydrogen) atoms. The van der Waals surface area contributed by atoms with Gasteiger partial charge in [0.25, 0.3) is 0 Å². The van der Waals surface area contributed by atoms with Gasteiger partial charge in [0, 0.05) is 0 Å². The molecule has 0 aromatic heterocycles. The summed E-state index contributed by atoms with van der Waals surface area (Å²) in [6.45, 7) is 6.11. The van der Waals surface area contributed by atoms with Crippen molar-refractivity contribution in [2.45, 2.75) is 33.2 Å². The molecular weight excluding hydrogens is 182 g/mol. The van der Waals surface area contributed by atoms with Gasteiger partial charge in [-0.3, -0.25) is 20.2 Å². The van der Waals surface area contributed by atoms with Crippen molar-refractivity contribution in [2.75, 3.05) is 0 Å². The van der Waals surface area contributed by atoms with Crippen LogP contribution in [0.15, 0.2) is 4.99 Å². The summed E-state index contributed by atoms with van der Waals surface area (Å²) in [6.07, 6.45) is 1.01. The van der Waals surface area contributed by atoms with Crippen LogP contribution in [0.3, 0.4) is 0 Å². The standard InChI is InChI=1S/C9H15N3O2/c1-4-5(2)6(3)10-9-11-7(13)8(14)12-9/h5-6H,4H2,1-3H3,(H2,10,11,12,13,14). The number of aliphatic imine (C=N–C) groups is 1. The van der Waals surface area contributed by atoms with Crippen molar-refractivity contribution in [1.29, 1.82) is 0 Å². The molecule has 2 N–H and O–H groups in total. The normalized spacial score (nSPS) is 20.1. The second-order valence-corrected chi connectivity index (χ2v) is 3.51. The summed E-state index contributed by atoms with van der Waals surface area (Å²) in [7, 11) is 0. The van der Waals surface area contributed by atoms with Crippen molar-refractivity contribution in [3.8, 4) is 0 Å². The third-order valence-corrected chi connectivity index (χ3v) is 2.47. The fourth-order valence-corrected chi connectivity index (χ4v) is 1.10. The van der Waals surface area contributed by atoms with E-state index in [-0.39, 0.29) is 12.0 Å². The summed E-state index contributed by atoms with van der Waals surface area (Å²) in [4.78, 5) is 25.8. The van der Waals surface area contributed by atoms with Crippen LogP contribution >= 0.6 is 0 Å². The van der Waals surface area contributed by atoms with Gasteiger partial charge in [0.2, 0.25) is 5.96 Å². The van der Waals surface area contributed by atoms with Gasteiger partial charge in [0.1, 0.15) is 0 Å². The molecule has 5 nitrogen and oxygen atoms in total. The summed E-state index contributed by atoms with van der Waals surface area (Å²) >= 11 is 0. The van der Waals surface area contributed by atoms with Gasteiger partial charge >= 0.3 is 11.8 Å². The minimum atomic E-state index is -0.639. The van der Waals surface area contributed by atoms with E-state index in [1.54, 1.807) is 0 Å². The van der Waals surface area contributed by atoms with E-state index in [0.29, 0.717) is 5.92 Å². The number of hydrogen-bond acceptors (Lipinski definition) is 3. The van der Waals surface area contributed by atoms with Gasteiger partial charge in [-0.25, -0.2) is 4.99 Å². The predicted octanol–water partition coefficient (Wildman–Crippen LogP) is 0.0230. The number of carbonyl (C=O) groups is 2. The lowest BCUT2D eigenvalue weighted by molar-refractivity contribution is -0.135. The first-order chi connectivity index (χ1) is 6.54. The molecule has 0 aromatic rings. The molecule has 2 unspecified atom stereocenters. The molecule has 0 saturated carbocycles. The lowest BCUT2D eigenvalue weighted by Gasteiger charge is -2.13. The molecule has 0 spiro atoms. The molecule has 2 amide bonds. The summed E-state index contributed by atoms with van der Waals surface area (Å²) in [5.74, 6) is -0.579. The topological polar surface area (TPSA) is 70.6 Å². The second kappa shape index (κ2) is 4.21. The molecule has 0 aliphatic carbocycles. The SMILES string of the molecule is CCC(C)C(C)N=C1NC(=O)C(=O)N1. The lowest BCUT2D eigenvalue weighted by Crippen LogP contribution is -2.28. The third-order valence-electron chi connectivity index (χ3n) is 2.47. The van der Waals surface area contributed by atoms with E-state index >= 15 is 0 Å². The molecule has 5 heteroatoms. The fourth-order valence-electron chi connectivity index (χ4n) is 1.10. The van der Waals surface area contributed by atoms with Crippen LogP contribution in [0.5, 0.6) is 0 Å². The maximum absolute atomic E-state index is 10.8. The second-order valence-electron chi connectivity index (χ2n) is 3.51. The van der Waals surface area contributed by atoms with Crippen LogP contribution in [0, 0.1) is 5.92 Å². The molecule has 1 aliphatic heterocycles. The summed E-state index contributed by atoms with van der Waals surface area (Å²) in [6, 6.07) is 0.0914. The highest BCUT2D eigenvalue weighted by Crippen LogP contribution is 2.10. The van der Waals surface area contributed by atoms with E-state index in [1.165, 1.54) is 0 Å². The number of amides is 2. The smallest absolute Gasteiger partial charge is 0.288 e. The van der Waals surface area contributed by atoms with Crippen LogP contribution < -0.4 is 10.6 Å². The Morgan fingerprint density at radius 3 is 2.14 bits per heavy atom. The molecule has 0 radical (unpaired) electrons. The van der Waals surface area contributed by atoms with E-state index in [9.17, 15) is 9.59 Å². The molecule has 0 aromatic carbocycles. The van der Waals surface area contributed by atoms with Gasteiger partial charge in [-0.05, 0) is 12.8 Å². The van der Waals surface area contributed by atoms with Gasteiger partial charge in [-0.15, -0.1) is 0 Å². The monoisotopic (exact) mass is 197 g/mol. The highest BCUT2D eigenvalue weighted by molar-refractivity contribution is 6.45. The first-order valence-corrected chi connectivity index (χ1v) is 4.74. The predicted molar refractivity (Wildman–Crippen MR) is 52.6 cm³/mol. The van der Waals surface area contributed by atoms with Crippen LogP contribution in [0.2, 0.25) is 0 Å². The molecule has 1 aliphatic rings. The van der Waals surface area contributed by atoms with Crippen molar-refractivity contribution in [1.82, 2.24) is 10.6 Å².